The second-order valence-electron chi connectivity index (χ2n) is 7.96. The lowest BCUT2D eigenvalue weighted by atomic mass is 10.3. The maximum atomic E-state index is 14.2. The lowest BCUT2D eigenvalue weighted by Gasteiger charge is -2.34. The highest BCUT2D eigenvalue weighted by Gasteiger charge is 2.30. The number of aryl methyl sites for hydroxylation is 1. The van der Waals surface area contributed by atoms with Crippen LogP contribution in [0, 0.1) is 12.7 Å². The first kappa shape index (κ1) is 24.7. The molecule has 1 aromatic heterocycles. The monoisotopic (exact) mass is 501 g/mol. The summed E-state index contributed by atoms with van der Waals surface area (Å²) < 4.78 is 52.1. The predicted octanol–water partition coefficient (Wildman–Crippen LogP) is 3.59. The smallest absolute Gasteiger partial charge is 0.243 e. The van der Waals surface area contributed by atoms with Gasteiger partial charge in [0.15, 0.2) is 11.6 Å². The van der Waals surface area contributed by atoms with Crippen LogP contribution in [0.25, 0.3) is 0 Å². The summed E-state index contributed by atoms with van der Waals surface area (Å²) in [6, 6.07) is 13.1. The second kappa shape index (κ2) is 10.4. The van der Waals surface area contributed by atoms with Crippen molar-refractivity contribution in [1.82, 2.24) is 14.3 Å². The molecule has 1 aliphatic heterocycles. The van der Waals surface area contributed by atoms with Crippen molar-refractivity contribution in [2.45, 2.75) is 18.7 Å². The number of aromatic nitrogens is 2. The average molecular weight is 502 g/mol. The summed E-state index contributed by atoms with van der Waals surface area (Å²) in [7, 11) is -2.22. The molecule has 0 aliphatic carbocycles. The fourth-order valence-corrected chi connectivity index (χ4v) is 5.21. The number of benzene rings is 2. The van der Waals surface area contributed by atoms with E-state index in [-0.39, 0.29) is 23.7 Å². The van der Waals surface area contributed by atoms with Gasteiger partial charge in [0.25, 0.3) is 0 Å². The maximum absolute atomic E-state index is 14.2. The first-order valence-electron chi connectivity index (χ1n) is 11.2. The lowest BCUT2D eigenvalue weighted by molar-refractivity contribution is 0.321. The van der Waals surface area contributed by atoms with Crippen LogP contribution in [-0.2, 0) is 10.0 Å². The zero-order valence-electron chi connectivity index (χ0n) is 19.9. The molecule has 0 atom stereocenters. The van der Waals surface area contributed by atoms with Gasteiger partial charge in [-0.05, 0) is 56.3 Å². The molecular weight excluding hydrogens is 473 g/mol. The summed E-state index contributed by atoms with van der Waals surface area (Å²) >= 11 is 0. The van der Waals surface area contributed by atoms with Crippen molar-refractivity contribution in [3.05, 3.63) is 60.0 Å². The van der Waals surface area contributed by atoms with Gasteiger partial charge in [-0.2, -0.15) is 9.29 Å². The Labute approximate surface area is 204 Å². The number of rotatable bonds is 8. The molecule has 4 rings (SSSR count). The van der Waals surface area contributed by atoms with Crippen molar-refractivity contribution < 1.29 is 22.3 Å². The van der Waals surface area contributed by atoms with E-state index in [9.17, 15) is 12.8 Å². The molecule has 0 saturated carbocycles. The number of sulfonamides is 1. The van der Waals surface area contributed by atoms with Gasteiger partial charge in [0.1, 0.15) is 11.6 Å². The van der Waals surface area contributed by atoms with Crippen LogP contribution in [0.1, 0.15) is 12.6 Å². The molecule has 11 heteroatoms. The predicted molar refractivity (Wildman–Crippen MR) is 132 cm³/mol. The van der Waals surface area contributed by atoms with Gasteiger partial charge >= 0.3 is 0 Å². The van der Waals surface area contributed by atoms with Gasteiger partial charge in [0.05, 0.1) is 18.6 Å². The first-order chi connectivity index (χ1) is 16.8. The molecule has 186 valence electrons. The molecule has 3 aromatic rings. The van der Waals surface area contributed by atoms with Gasteiger partial charge in [-0.1, -0.05) is 0 Å². The summed E-state index contributed by atoms with van der Waals surface area (Å²) in [5.74, 6) is 1.25. The van der Waals surface area contributed by atoms with Crippen LogP contribution in [0.4, 0.5) is 21.8 Å². The minimum atomic E-state index is -3.84. The summed E-state index contributed by atoms with van der Waals surface area (Å²) in [5.41, 5.74) is 1.64. The van der Waals surface area contributed by atoms with E-state index in [1.165, 1.54) is 16.4 Å². The molecule has 0 amide bonds. The molecule has 1 N–H and O–H groups in total. The Morgan fingerprint density at radius 1 is 1.03 bits per heavy atom. The number of halogens is 1. The Morgan fingerprint density at radius 2 is 1.74 bits per heavy atom. The van der Waals surface area contributed by atoms with Crippen molar-refractivity contribution in [2.75, 3.05) is 50.1 Å². The molecule has 0 bridgehead atoms. The van der Waals surface area contributed by atoms with Crippen molar-refractivity contribution in [3.63, 3.8) is 0 Å². The number of nitrogens with one attached hydrogen (secondary N) is 1. The first-order valence-corrected chi connectivity index (χ1v) is 12.7. The fourth-order valence-electron chi connectivity index (χ4n) is 3.77. The van der Waals surface area contributed by atoms with Gasteiger partial charge in [0, 0.05) is 43.6 Å². The van der Waals surface area contributed by atoms with E-state index in [2.05, 4.69) is 15.3 Å². The highest BCUT2D eigenvalue weighted by atomic mass is 32.2. The molecule has 1 fully saturated rings. The summed E-state index contributed by atoms with van der Waals surface area (Å²) in [6.07, 6.45) is 0. The van der Waals surface area contributed by atoms with Gasteiger partial charge in [-0.3, -0.25) is 0 Å². The number of methoxy groups -OCH3 is 1. The average Bonchev–Trinajstić information content (AvgIpc) is 2.85. The van der Waals surface area contributed by atoms with E-state index in [0.717, 1.165) is 23.2 Å². The zero-order chi connectivity index (χ0) is 25.0. The molecule has 9 nitrogen and oxygen atoms in total. The zero-order valence-corrected chi connectivity index (χ0v) is 20.7. The van der Waals surface area contributed by atoms with Gasteiger partial charge < -0.3 is 19.7 Å². The third-order valence-electron chi connectivity index (χ3n) is 5.57. The van der Waals surface area contributed by atoms with Crippen LogP contribution in [-0.4, -0.2) is 62.6 Å². The molecule has 35 heavy (non-hydrogen) atoms. The topological polar surface area (TPSA) is 96.9 Å². The Kier molecular flexibility index (Phi) is 7.37. The van der Waals surface area contributed by atoms with Crippen LogP contribution in [0.5, 0.6) is 11.5 Å². The highest BCUT2D eigenvalue weighted by Crippen LogP contribution is 2.26. The number of piperazine rings is 1. The molecule has 0 radical (unpaired) electrons. The minimum Gasteiger partial charge on any atom is -0.497 e. The number of ether oxygens (including phenoxy) is 2. The van der Waals surface area contributed by atoms with Crippen molar-refractivity contribution in [3.8, 4) is 11.5 Å². The fraction of sp³-hybridized carbons (Fsp3) is 0.333. The molecule has 1 aliphatic rings. The Hall–Kier alpha value is -3.44. The molecule has 0 spiro atoms. The Morgan fingerprint density at radius 3 is 2.37 bits per heavy atom. The Bertz CT molecular complexity index is 1280. The van der Waals surface area contributed by atoms with Crippen LogP contribution < -0.4 is 19.7 Å². The van der Waals surface area contributed by atoms with E-state index in [1.807, 2.05) is 42.2 Å². The van der Waals surface area contributed by atoms with Gasteiger partial charge in [-0.25, -0.2) is 17.8 Å². The van der Waals surface area contributed by atoms with Gasteiger partial charge in [0.2, 0.25) is 16.0 Å². The van der Waals surface area contributed by atoms with Crippen molar-refractivity contribution in [1.29, 1.82) is 0 Å². The molecule has 1 saturated heterocycles. The van der Waals surface area contributed by atoms with E-state index >= 15 is 0 Å². The highest BCUT2D eigenvalue weighted by molar-refractivity contribution is 7.89. The van der Waals surface area contributed by atoms with E-state index < -0.39 is 15.8 Å². The molecule has 2 aromatic carbocycles. The number of hydrogen-bond acceptors (Lipinski definition) is 8. The SMILES string of the molecule is CCOc1ccc(S(=O)(=O)N2CCN(c3nc(C)cc(Nc4ccc(OC)cc4)n3)CC2)cc1F. The molecule has 2 heterocycles. The number of anilines is 3. The Balaban J connectivity index is 1.44. The van der Waals surface area contributed by atoms with E-state index in [4.69, 9.17) is 9.47 Å². The van der Waals surface area contributed by atoms with Crippen LogP contribution in [0.3, 0.4) is 0 Å². The van der Waals surface area contributed by atoms with E-state index in [0.29, 0.717) is 31.5 Å². The quantitative estimate of drug-likeness (QED) is 0.500. The third kappa shape index (κ3) is 5.63. The maximum Gasteiger partial charge on any atom is 0.243 e. The van der Waals surface area contributed by atoms with E-state index in [1.54, 1.807) is 14.0 Å². The van der Waals surface area contributed by atoms with Crippen molar-refractivity contribution >= 4 is 27.5 Å². The van der Waals surface area contributed by atoms with Crippen molar-refractivity contribution in [2.24, 2.45) is 0 Å². The number of hydrogen-bond donors (Lipinski definition) is 1. The van der Waals surface area contributed by atoms with Crippen LogP contribution in [0.15, 0.2) is 53.4 Å². The standard InChI is InChI=1S/C24H28FN5O4S/c1-4-34-22-10-9-20(16-21(22)25)35(31,32)30-13-11-29(12-14-30)24-26-17(2)15-23(28-24)27-18-5-7-19(33-3)8-6-18/h5-10,15-16H,4,11-14H2,1-3H3,(H,26,27,28). The minimum absolute atomic E-state index is 0.0342. The van der Waals surface area contributed by atoms with Gasteiger partial charge in [-0.15, -0.1) is 0 Å². The van der Waals surface area contributed by atoms with Crippen LogP contribution in [0.2, 0.25) is 0 Å². The molecular formula is C24H28FN5O4S. The van der Waals surface area contributed by atoms with Crippen LogP contribution >= 0.6 is 0 Å². The lowest BCUT2D eigenvalue weighted by Crippen LogP contribution is -2.49. The normalized spacial score (nSPS) is 14.6. The largest absolute Gasteiger partial charge is 0.497 e. The third-order valence-corrected chi connectivity index (χ3v) is 7.46. The summed E-state index contributed by atoms with van der Waals surface area (Å²) in [6.45, 7) is 5.19. The molecule has 0 unspecified atom stereocenters. The summed E-state index contributed by atoms with van der Waals surface area (Å²) in [5, 5.41) is 3.26. The number of nitrogens with zero attached hydrogens (tertiary/aromatic N) is 4. The summed E-state index contributed by atoms with van der Waals surface area (Å²) in [4.78, 5) is 11.0. The second-order valence-corrected chi connectivity index (χ2v) is 9.90.